The minimum Gasteiger partial charge on any atom is -0.490 e. The number of aliphatic hydroxyl groups excluding tert-OH is 1. The number of hydrogen-bond donors (Lipinski definition) is 3. The SMILES string of the molecule is Cc1noc(C)c1S(=O)(=O)Nc1ccc2c(c1)C(=O)N([C@H](C)CO)C[C@H](C)[C@@H](CN(C)C(=O)Nc1ccc(C(F)(F)F)cc1)OCCCC[C@H](C)O2. The Labute approximate surface area is 301 Å². The molecule has 0 unspecified atom stereocenters. The van der Waals surface area contributed by atoms with E-state index in [-0.39, 0.29) is 64.8 Å². The molecule has 2 aromatic carbocycles. The van der Waals surface area contributed by atoms with E-state index < -0.39 is 51.8 Å². The number of benzene rings is 2. The molecule has 4 rings (SSSR count). The molecule has 1 aliphatic heterocycles. The van der Waals surface area contributed by atoms with Crippen LogP contribution in [0.5, 0.6) is 5.75 Å². The molecule has 4 atom stereocenters. The van der Waals surface area contributed by atoms with Gasteiger partial charge in [0.1, 0.15) is 11.4 Å². The molecule has 3 aromatic rings. The van der Waals surface area contributed by atoms with E-state index in [1.54, 1.807) is 6.92 Å². The van der Waals surface area contributed by atoms with Gasteiger partial charge in [0, 0.05) is 44.0 Å². The minimum atomic E-state index is -4.51. The molecule has 17 heteroatoms. The van der Waals surface area contributed by atoms with Gasteiger partial charge in [0.25, 0.3) is 15.9 Å². The average Bonchev–Trinajstić information content (AvgIpc) is 3.43. The molecule has 1 aromatic heterocycles. The van der Waals surface area contributed by atoms with Crippen LogP contribution in [0.3, 0.4) is 0 Å². The largest absolute Gasteiger partial charge is 0.490 e. The van der Waals surface area contributed by atoms with Gasteiger partial charge in [0.2, 0.25) is 0 Å². The van der Waals surface area contributed by atoms with E-state index in [0.717, 1.165) is 18.6 Å². The highest BCUT2D eigenvalue weighted by Gasteiger charge is 2.33. The molecule has 0 saturated heterocycles. The average molecular weight is 754 g/mol. The molecule has 286 valence electrons. The molecule has 0 spiro atoms. The number of anilines is 2. The van der Waals surface area contributed by atoms with Crippen molar-refractivity contribution in [3.8, 4) is 5.75 Å². The smallest absolute Gasteiger partial charge is 0.416 e. The summed E-state index contributed by atoms with van der Waals surface area (Å²) in [6.45, 7) is 8.47. The van der Waals surface area contributed by atoms with Gasteiger partial charge in [-0.15, -0.1) is 0 Å². The number of hydrogen-bond acceptors (Lipinski definition) is 9. The number of halogens is 3. The van der Waals surface area contributed by atoms with Crippen molar-refractivity contribution in [1.29, 1.82) is 0 Å². The number of amides is 3. The van der Waals surface area contributed by atoms with Crippen LogP contribution in [0.15, 0.2) is 51.9 Å². The first-order chi connectivity index (χ1) is 24.4. The highest BCUT2D eigenvalue weighted by Crippen LogP contribution is 2.32. The molecule has 0 saturated carbocycles. The lowest BCUT2D eigenvalue weighted by Gasteiger charge is -2.35. The number of nitrogens with zero attached hydrogens (tertiary/aromatic N) is 3. The van der Waals surface area contributed by atoms with E-state index in [2.05, 4.69) is 15.2 Å². The second kappa shape index (κ2) is 17.0. The van der Waals surface area contributed by atoms with E-state index >= 15 is 0 Å². The lowest BCUT2D eigenvalue weighted by molar-refractivity contribution is -0.137. The molecule has 0 radical (unpaired) electrons. The van der Waals surface area contributed by atoms with Crippen LogP contribution < -0.4 is 14.8 Å². The van der Waals surface area contributed by atoms with Crippen molar-refractivity contribution in [3.63, 3.8) is 0 Å². The second-order valence-corrected chi connectivity index (χ2v) is 14.8. The summed E-state index contributed by atoms with van der Waals surface area (Å²) in [5.41, 5.74) is -0.318. The number of likely N-dealkylation sites (N-methyl/N-ethyl adjacent to an activating group) is 1. The molecular formula is C35H46F3N5O8S. The number of ether oxygens (including phenoxy) is 2. The zero-order valence-electron chi connectivity index (χ0n) is 30.0. The Kier molecular flexibility index (Phi) is 13.2. The van der Waals surface area contributed by atoms with Crippen molar-refractivity contribution in [1.82, 2.24) is 15.0 Å². The standard InChI is InChI=1S/C35H46F3N5O8S/c1-21-18-43(22(2)20-44)33(45)29-17-28(41-52(47,48)32-24(4)40-51-25(32)5)14-15-30(29)50-23(3)9-7-8-16-49-31(21)19-42(6)34(46)39-27-12-10-26(11-13-27)35(36,37)38/h10-15,17,21-23,31,41,44H,7-9,16,18-20H2,1-6H3,(H,39,46)/t21-,22+,23-,31+/m0/s1. The summed E-state index contributed by atoms with van der Waals surface area (Å²) in [5, 5.41) is 16.5. The maximum absolute atomic E-state index is 14.4. The monoisotopic (exact) mass is 753 g/mol. The lowest BCUT2D eigenvalue weighted by atomic mass is 10.0. The van der Waals surface area contributed by atoms with Gasteiger partial charge < -0.3 is 34.2 Å². The summed E-state index contributed by atoms with van der Waals surface area (Å²) in [6.07, 6.45) is -3.41. The van der Waals surface area contributed by atoms with Crippen LogP contribution in [-0.4, -0.2) is 92.0 Å². The van der Waals surface area contributed by atoms with Crippen molar-refractivity contribution in [2.24, 2.45) is 5.92 Å². The van der Waals surface area contributed by atoms with Gasteiger partial charge in [-0.1, -0.05) is 12.1 Å². The zero-order chi connectivity index (χ0) is 38.4. The van der Waals surface area contributed by atoms with Gasteiger partial charge in [0.15, 0.2) is 10.7 Å². The first-order valence-corrected chi connectivity index (χ1v) is 18.4. The predicted molar refractivity (Wildman–Crippen MR) is 187 cm³/mol. The highest BCUT2D eigenvalue weighted by atomic mass is 32.2. The van der Waals surface area contributed by atoms with Crippen LogP contribution in [0.4, 0.5) is 29.3 Å². The fraction of sp³-hybridized carbons (Fsp3) is 0.514. The second-order valence-electron chi connectivity index (χ2n) is 13.2. The van der Waals surface area contributed by atoms with Crippen LogP contribution in [0.1, 0.15) is 67.4 Å². The molecule has 3 amide bonds. The number of nitrogens with one attached hydrogen (secondary N) is 2. The van der Waals surface area contributed by atoms with E-state index in [0.29, 0.717) is 19.4 Å². The molecule has 1 aliphatic rings. The predicted octanol–water partition coefficient (Wildman–Crippen LogP) is 6.07. The summed E-state index contributed by atoms with van der Waals surface area (Å²) in [5.74, 6) is -0.581. The van der Waals surface area contributed by atoms with Crippen LogP contribution in [0.2, 0.25) is 0 Å². The summed E-state index contributed by atoms with van der Waals surface area (Å²) in [7, 11) is -2.61. The van der Waals surface area contributed by atoms with Crippen molar-refractivity contribution in [2.75, 3.05) is 43.4 Å². The van der Waals surface area contributed by atoms with Crippen LogP contribution in [0.25, 0.3) is 0 Å². The molecule has 2 heterocycles. The third kappa shape index (κ3) is 10.2. The number of fused-ring (bicyclic) bond motifs is 1. The van der Waals surface area contributed by atoms with E-state index in [9.17, 15) is 36.3 Å². The molecule has 0 aliphatic carbocycles. The van der Waals surface area contributed by atoms with Crippen molar-refractivity contribution >= 4 is 33.3 Å². The van der Waals surface area contributed by atoms with Gasteiger partial charge in [-0.05, 0) is 89.4 Å². The van der Waals surface area contributed by atoms with Crippen LogP contribution in [0, 0.1) is 19.8 Å². The molecule has 52 heavy (non-hydrogen) atoms. The summed E-state index contributed by atoms with van der Waals surface area (Å²) in [6, 6.07) is 7.27. The Bertz CT molecular complexity index is 1780. The third-order valence-corrected chi connectivity index (χ3v) is 10.4. The lowest BCUT2D eigenvalue weighted by Crippen LogP contribution is -2.48. The van der Waals surface area contributed by atoms with Gasteiger partial charge in [0.05, 0.1) is 36.0 Å². The summed E-state index contributed by atoms with van der Waals surface area (Å²) >= 11 is 0. The van der Waals surface area contributed by atoms with Gasteiger partial charge >= 0.3 is 12.2 Å². The first kappa shape index (κ1) is 40.4. The number of rotatable bonds is 8. The van der Waals surface area contributed by atoms with Crippen LogP contribution in [-0.2, 0) is 20.9 Å². The highest BCUT2D eigenvalue weighted by molar-refractivity contribution is 7.92. The number of carbonyl (C=O) groups excluding carboxylic acids is 2. The fourth-order valence-electron chi connectivity index (χ4n) is 5.83. The molecule has 0 fully saturated rings. The normalized spacial score (nSPS) is 19.9. The Morgan fingerprint density at radius 1 is 1.12 bits per heavy atom. The number of sulfonamides is 1. The fourth-order valence-corrected chi connectivity index (χ4v) is 7.21. The van der Waals surface area contributed by atoms with Crippen molar-refractivity contribution in [2.45, 2.75) is 83.2 Å². The number of urea groups is 1. The van der Waals surface area contributed by atoms with E-state index in [1.807, 2.05) is 13.8 Å². The summed E-state index contributed by atoms with van der Waals surface area (Å²) < 4.78 is 85.6. The maximum atomic E-state index is 14.4. The molecule has 3 N–H and O–H groups in total. The molecule has 0 bridgehead atoms. The number of aromatic nitrogens is 1. The first-order valence-electron chi connectivity index (χ1n) is 16.9. The topological polar surface area (TPSA) is 164 Å². The van der Waals surface area contributed by atoms with Crippen LogP contribution >= 0.6 is 0 Å². The number of carbonyl (C=O) groups is 2. The Morgan fingerprint density at radius 2 is 1.79 bits per heavy atom. The minimum absolute atomic E-state index is 0.0703. The van der Waals surface area contributed by atoms with Crippen molar-refractivity contribution in [3.05, 3.63) is 65.0 Å². The van der Waals surface area contributed by atoms with E-state index in [4.69, 9.17) is 14.0 Å². The molecule has 13 nitrogen and oxygen atoms in total. The Hall–Kier alpha value is -4.35. The van der Waals surface area contributed by atoms with Crippen molar-refractivity contribution < 1.29 is 50.3 Å². The number of alkyl halides is 3. The van der Waals surface area contributed by atoms with Gasteiger partial charge in [-0.25, -0.2) is 13.2 Å². The number of aryl methyl sites for hydroxylation is 2. The third-order valence-electron chi connectivity index (χ3n) is 8.80. The molecular weight excluding hydrogens is 707 g/mol. The van der Waals surface area contributed by atoms with Gasteiger partial charge in [-0.2, -0.15) is 13.2 Å². The quantitative estimate of drug-likeness (QED) is 0.248. The van der Waals surface area contributed by atoms with Gasteiger partial charge in [-0.3, -0.25) is 9.52 Å². The zero-order valence-corrected chi connectivity index (χ0v) is 30.8. The Morgan fingerprint density at radius 3 is 2.40 bits per heavy atom. The summed E-state index contributed by atoms with van der Waals surface area (Å²) in [4.78, 5) is 30.2. The number of aliphatic hydroxyl groups is 1. The maximum Gasteiger partial charge on any atom is 0.416 e. The Balaban J connectivity index is 1.60. The van der Waals surface area contributed by atoms with E-state index in [1.165, 1.54) is 61.0 Å².